The first-order valence-electron chi connectivity index (χ1n) is 3.52. The van der Waals surface area contributed by atoms with E-state index in [1.165, 1.54) is 7.11 Å². The van der Waals surface area contributed by atoms with Crippen molar-refractivity contribution in [1.82, 2.24) is 0 Å². The molecule has 0 aromatic carbocycles. The number of ether oxygens (including phenoxy) is 1. The normalized spacial score (nSPS) is 21.4. The summed E-state index contributed by atoms with van der Waals surface area (Å²) in [4.78, 5) is 21.1. The zero-order valence-electron chi connectivity index (χ0n) is 6.61. The Morgan fingerprint density at radius 1 is 1.33 bits per heavy atom. The second kappa shape index (κ2) is 2.75. The predicted molar refractivity (Wildman–Crippen MR) is 37.7 cm³/mol. The first-order valence-corrected chi connectivity index (χ1v) is 3.52. The molecule has 1 aliphatic rings. The predicted octanol–water partition coefficient (Wildman–Crippen LogP) is -0.0492. The van der Waals surface area contributed by atoms with Crippen LogP contribution in [0.4, 0.5) is 0 Å². The zero-order valence-corrected chi connectivity index (χ0v) is 6.61. The Labute approximate surface area is 68.9 Å². The van der Waals surface area contributed by atoms with Gasteiger partial charge in [-0.1, -0.05) is 0 Å². The van der Waals surface area contributed by atoms with Crippen LogP contribution in [0.15, 0.2) is 0 Å². The molecule has 0 amide bonds. The van der Waals surface area contributed by atoms with Crippen LogP contribution in [0.2, 0.25) is 0 Å². The number of methoxy groups -OCH3 is 1. The lowest BCUT2D eigenvalue weighted by atomic mass is 9.67. The summed E-state index contributed by atoms with van der Waals surface area (Å²) in [6.45, 7) is 0. The van der Waals surface area contributed by atoms with E-state index >= 15 is 0 Å². The quantitative estimate of drug-likeness (QED) is 0.586. The van der Waals surface area contributed by atoms with Crippen molar-refractivity contribution in [3.8, 4) is 0 Å². The van der Waals surface area contributed by atoms with Gasteiger partial charge in [0.2, 0.25) is 0 Å². The second-order valence-corrected chi connectivity index (χ2v) is 2.96. The van der Waals surface area contributed by atoms with E-state index in [4.69, 9.17) is 14.9 Å². The summed E-state index contributed by atoms with van der Waals surface area (Å²) in [6, 6.07) is 0. The Kier molecular flexibility index (Phi) is 2.06. The van der Waals surface area contributed by atoms with Gasteiger partial charge in [0.15, 0.2) is 5.41 Å². The van der Waals surface area contributed by atoms with Crippen LogP contribution in [0.1, 0.15) is 12.8 Å². The molecule has 0 unspecified atom stereocenters. The fourth-order valence-electron chi connectivity index (χ4n) is 1.32. The van der Waals surface area contributed by atoms with Gasteiger partial charge in [0.1, 0.15) is 0 Å². The van der Waals surface area contributed by atoms with Crippen LogP contribution < -0.4 is 0 Å². The van der Waals surface area contributed by atoms with Crippen LogP contribution in [0, 0.1) is 5.41 Å². The van der Waals surface area contributed by atoms with Crippen molar-refractivity contribution in [1.29, 1.82) is 0 Å². The van der Waals surface area contributed by atoms with Gasteiger partial charge in [-0.15, -0.1) is 0 Å². The molecule has 0 bridgehead atoms. The van der Waals surface area contributed by atoms with Gasteiger partial charge in [-0.25, -0.2) is 0 Å². The lowest BCUT2D eigenvalue weighted by Crippen LogP contribution is -2.52. The molecule has 0 aromatic rings. The van der Waals surface area contributed by atoms with Gasteiger partial charge >= 0.3 is 11.9 Å². The molecule has 0 heterocycles. The summed E-state index contributed by atoms with van der Waals surface area (Å²) in [5, 5.41) is 17.3. The molecule has 1 rings (SSSR count). The van der Waals surface area contributed by atoms with Gasteiger partial charge < -0.3 is 14.9 Å². The number of aliphatic carboxylic acids is 2. The van der Waals surface area contributed by atoms with Gasteiger partial charge in [0.25, 0.3) is 0 Å². The minimum Gasteiger partial charge on any atom is -0.480 e. The Hall–Kier alpha value is -1.10. The first kappa shape index (κ1) is 8.99. The molecule has 0 spiro atoms. The van der Waals surface area contributed by atoms with Gasteiger partial charge in [-0.2, -0.15) is 0 Å². The average molecular weight is 174 g/mol. The highest BCUT2D eigenvalue weighted by atomic mass is 16.5. The molecule has 0 atom stereocenters. The number of rotatable bonds is 3. The van der Waals surface area contributed by atoms with E-state index in [0.717, 1.165) is 0 Å². The van der Waals surface area contributed by atoms with Gasteiger partial charge in [0.05, 0.1) is 6.10 Å². The molecule has 0 saturated heterocycles. The third-order valence-corrected chi connectivity index (χ3v) is 2.30. The molecule has 68 valence electrons. The van der Waals surface area contributed by atoms with Gasteiger partial charge in [0, 0.05) is 20.0 Å². The highest BCUT2D eigenvalue weighted by Gasteiger charge is 2.57. The lowest BCUT2D eigenvalue weighted by Gasteiger charge is -2.39. The Bertz CT molecular complexity index is 200. The number of carboxylic acids is 2. The summed E-state index contributed by atoms with van der Waals surface area (Å²) in [7, 11) is 1.44. The minimum atomic E-state index is -1.60. The van der Waals surface area contributed by atoms with Crippen molar-refractivity contribution in [3.05, 3.63) is 0 Å². The maximum Gasteiger partial charge on any atom is 0.321 e. The fraction of sp³-hybridized carbons (Fsp3) is 0.714. The van der Waals surface area contributed by atoms with Crippen molar-refractivity contribution in [2.75, 3.05) is 7.11 Å². The lowest BCUT2D eigenvalue weighted by molar-refractivity contribution is -0.182. The molecule has 1 aliphatic carbocycles. The van der Waals surface area contributed by atoms with Gasteiger partial charge in [-0.05, 0) is 0 Å². The smallest absolute Gasteiger partial charge is 0.321 e. The Morgan fingerprint density at radius 2 is 1.75 bits per heavy atom. The number of carboxylic acid groups (broad SMARTS) is 2. The zero-order chi connectivity index (χ0) is 9.35. The summed E-state index contributed by atoms with van der Waals surface area (Å²) in [5.74, 6) is -2.55. The van der Waals surface area contributed by atoms with Crippen molar-refractivity contribution in [2.24, 2.45) is 5.41 Å². The van der Waals surface area contributed by atoms with Crippen molar-refractivity contribution < 1.29 is 24.5 Å². The maximum absolute atomic E-state index is 10.6. The van der Waals surface area contributed by atoms with Crippen LogP contribution in [0.5, 0.6) is 0 Å². The van der Waals surface area contributed by atoms with E-state index in [2.05, 4.69) is 0 Å². The maximum atomic E-state index is 10.6. The minimum absolute atomic E-state index is 0.0637. The van der Waals surface area contributed by atoms with Crippen molar-refractivity contribution in [2.45, 2.75) is 18.9 Å². The van der Waals surface area contributed by atoms with Crippen LogP contribution in [-0.2, 0) is 14.3 Å². The van der Waals surface area contributed by atoms with Crippen molar-refractivity contribution in [3.63, 3.8) is 0 Å². The topological polar surface area (TPSA) is 83.8 Å². The molecular formula is C7H10O5. The summed E-state index contributed by atoms with van der Waals surface area (Å²) >= 11 is 0. The number of carbonyl (C=O) groups is 2. The molecule has 0 radical (unpaired) electrons. The number of hydrogen-bond donors (Lipinski definition) is 2. The highest BCUT2D eigenvalue weighted by Crippen LogP contribution is 2.43. The molecule has 1 saturated carbocycles. The van der Waals surface area contributed by atoms with Gasteiger partial charge in [-0.3, -0.25) is 9.59 Å². The SMILES string of the molecule is COC1CC(C(=O)O)(C(=O)O)C1. The Morgan fingerprint density at radius 3 is 2.00 bits per heavy atom. The third kappa shape index (κ3) is 1.06. The molecular weight excluding hydrogens is 164 g/mol. The standard InChI is InChI=1S/C7H10O5/c1-12-4-2-7(3-4,5(8)9)6(10)11/h4H,2-3H2,1H3,(H,8,9)(H,10,11). The van der Waals surface area contributed by atoms with E-state index in [9.17, 15) is 9.59 Å². The summed E-state index contributed by atoms with van der Waals surface area (Å²) in [6.07, 6.45) is -0.0975. The average Bonchev–Trinajstić information content (AvgIpc) is 1.83. The third-order valence-electron chi connectivity index (χ3n) is 2.30. The highest BCUT2D eigenvalue weighted by molar-refractivity contribution is 5.99. The molecule has 5 nitrogen and oxygen atoms in total. The van der Waals surface area contributed by atoms with E-state index < -0.39 is 17.4 Å². The molecule has 2 N–H and O–H groups in total. The molecule has 5 heteroatoms. The molecule has 1 fully saturated rings. The van der Waals surface area contributed by atoms with E-state index in [0.29, 0.717) is 0 Å². The van der Waals surface area contributed by atoms with E-state index in [1.54, 1.807) is 0 Å². The fourth-order valence-corrected chi connectivity index (χ4v) is 1.32. The van der Waals surface area contributed by atoms with E-state index in [1.807, 2.05) is 0 Å². The van der Waals surface area contributed by atoms with Crippen LogP contribution in [-0.4, -0.2) is 35.4 Å². The Balaban J connectivity index is 2.69. The largest absolute Gasteiger partial charge is 0.480 e. The summed E-state index contributed by atoms with van der Waals surface area (Å²) in [5.41, 5.74) is -1.60. The van der Waals surface area contributed by atoms with Crippen LogP contribution in [0.3, 0.4) is 0 Å². The monoisotopic (exact) mass is 174 g/mol. The first-order chi connectivity index (χ1) is 5.53. The molecule has 12 heavy (non-hydrogen) atoms. The second-order valence-electron chi connectivity index (χ2n) is 2.96. The molecule has 0 aromatic heterocycles. The van der Waals surface area contributed by atoms with Crippen molar-refractivity contribution >= 4 is 11.9 Å². The van der Waals surface area contributed by atoms with Crippen LogP contribution >= 0.6 is 0 Å². The van der Waals surface area contributed by atoms with E-state index in [-0.39, 0.29) is 18.9 Å². The number of hydrogen-bond acceptors (Lipinski definition) is 3. The summed E-state index contributed by atoms with van der Waals surface area (Å²) < 4.78 is 4.82. The van der Waals surface area contributed by atoms with Crippen LogP contribution in [0.25, 0.3) is 0 Å². The molecule has 0 aliphatic heterocycles.